The van der Waals surface area contributed by atoms with Crippen molar-refractivity contribution in [1.82, 2.24) is 10.2 Å². The first-order valence-electron chi connectivity index (χ1n) is 12.5. The minimum atomic E-state index is -0.216. The van der Waals surface area contributed by atoms with Crippen molar-refractivity contribution in [1.29, 1.82) is 0 Å². The topological polar surface area (TPSA) is 85.9 Å². The van der Waals surface area contributed by atoms with Crippen LogP contribution in [0, 0.1) is 6.92 Å². The molecule has 2 aromatic rings. The standard InChI is InChI=1S/C28H42N2O4/c1-20-17-23-24(28(4,5)10-9-27(23,2)3)19-21(20)18-22-7-8-25(34-22)26(33)29-11-6-12-30(13-15-31)14-16-32/h7-8,17,19,31-32H,6,9-16,18H2,1-5H3,(H,29,33). The van der Waals surface area contributed by atoms with Gasteiger partial charge >= 0.3 is 0 Å². The van der Waals surface area contributed by atoms with Crippen LogP contribution in [0.2, 0.25) is 0 Å². The first-order chi connectivity index (χ1) is 16.1. The maximum Gasteiger partial charge on any atom is 0.286 e. The molecule has 6 nitrogen and oxygen atoms in total. The van der Waals surface area contributed by atoms with Gasteiger partial charge in [-0.2, -0.15) is 0 Å². The van der Waals surface area contributed by atoms with Gasteiger partial charge in [0.25, 0.3) is 5.91 Å². The SMILES string of the molecule is Cc1cc2c(cc1Cc1ccc(C(=O)NCCCN(CCO)CCO)o1)C(C)(C)CCC2(C)C. The lowest BCUT2D eigenvalue weighted by Crippen LogP contribution is -2.34. The van der Waals surface area contributed by atoms with E-state index in [2.05, 4.69) is 52.1 Å². The van der Waals surface area contributed by atoms with Crippen LogP contribution in [0.3, 0.4) is 0 Å². The molecule has 1 aliphatic rings. The Balaban J connectivity index is 1.62. The predicted molar refractivity (Wildman–Crippen MR) is 136 cm³/mol. The number of aryl methyl sites for hydroxylation is 1. The zero-order valence-corrected chi connectivity index (χ0v) is 21.5. The van der Waals surface area contributed by atoms with Crippen molar-refractivity contribution in [3.63, 3.8) is 0 Å². The molecule has 1 aromatic heterocycles. The number of furan rings is 1. The number of carbonyl (C=O) groups excluding carboxylic acids is 1. The summed E-state index contributed by atoms with van der Waals surface area (Å²) >= 11 is 0. The number of benzene rings is 1. The first-order valence-corrected chi connectivity index (χ1v) is 12.5. The monoisotopic (exact) mass is 470 g/mol. The Morgan fingerprint density at radius 3 is 2.24 bits per heavy atom. The lowest BCUT2D eigenvalue weighted by atomic mass is 9.62. The first kappa shape index (κ1) is 26.5. The Labute approximate surface area is 204 Å². The molecule has 3 rings (SSSR count). The van der Waals surface area contributed by atoms with Crippen LogP contribution < -0.4 is 5.32 Å². The molecule has 1 aromatic carbocycles. The van der Waals surface area contributed by atoms with E-state index in [1.807, 2.05) is 11.0 Å². The zero-order chi connectivity index (χ0) is 24.9. The van der Waals surface area contributed by atoms with Gasteiger partial charge in [0.2, 0.25) is 0 Å². The number of hydrogen-bond acceptors (Lipinski definition) is 5. The van der Waals surface area contributed by atoms with Crippen LogP contribution in [-0.2, 0) is 17.3 Å². The van der Waals surface area contributed by atoms with Crippen LogP contribution >= 0.6 is 0 Å². The van der Waals surface area contributed by atoms with Gasteiger partial charge in [-0.15, -0.1) is 0 Å². The van der Waals surface area contributed by atoms with Crippen molar-refractivity contribution in [3.8, 4) is 0 Å². The second-order valence-corrected chi connectivity index (χ2v) is 10.9. The number of aliphatic hydroxyl groups is 2. The molecule has 1 aliphatic carbocycles. The average Bonchev–Trinajstić information content (AvgIpc) is 3.24. The van der Waals surface area contributed by atoms with E-state index in [-0.39, 0.29) is 30.0 Å². The molecule has 0 saturated heterocycles. The van der Waals surface area contributed by atoms with E-state index < -0.39 is 0 Å². The molecule has 0 unspecified atom stereocenters. The van der Waals surface area contributed by atoms with Crippen LogP contribution in [0.5, 0.6) is 0 Å². The van der Waals surface area contributed by atoms with Gasteiger partial charge < -0.3 is 19.9 Å². The van der Waals surface area contributed by atoms with Crippen LogP contribution in [0.1, 0.15) is 85.5 Å². The second kappa shape index (κ2) is 11.1. The summed E-state index contributed by atoms with van der Waals surface area (Å²) in [6.45, 7) is 13.9. The fraction of sp³-hybridized carbons (Fsp3) is 0.607. The number of carbonyl (C=O) groups is 1. The highest BCUT2D eigenvalue weighted by Gasteiger charge is 2.37. The van der Waals surface area contributed by atoms with Gasteiger partial charge in [0.15, 0.2) is 5.76 Å². The fourth-order valence-corrected chi connectivity index (χ4v) is 4.95. The van der Waals surface area contributed by atoms with Gasteiger partial charge in [-0.25, -0.2) is 0 Å². The molecule has 3 N–H and O–H groups in total. The van der Waals surface area contributed by atoms with E-state index in [4.69, 9.17) is 14.6 Å². The highest BCUT2D eigenvalue weighted by molar-refractivity contribution is 5.91. The molecule has 0 aliphatic heterocycles. The predicted octanol–water partition coefficient (Wildman–Crippen LogP) is 3.93. The molecule has 0 atom stereocenters. The number of nitrogens with one attached hydrogen (secondary N) is 1. The van der Waals surface area contributed by atoms with E-state index in [1.165, 1.54) is 35.1 Å². The van der Waals surface area contributed by atoms with Crippen LogP contribution in [0.25, 0.3) is 0 Å². The molecule has 0 bridgehead atoms. The summed E-state index contributed by atoms with van der Waals surface area (Å²) in [4.78, 5) is 14.5. The summed E-state index contributed by atoms with van der Waals surface area (Å²) in [6, 6.07) is 8.36. The Morgan fingerprint density at radius 1 is 1.00 bits per heavy atom. The van der Waals surface area contributed by atoms with Gasteiger partial charge in [-0.05, 0) is 77.9 Å². The molecular formula is C28H42N2O4. The summed E-state index contributed by atoms with van der Waals surface area (Å²) in [7, 11) is 0. The molecule has 0 radical (unpaired) electrons. The quantitative estimate of drug-likeness (QED) is 0.433. The number of hydrogen-bond donors (Lipinski definition) is 3. The minimum Gasteiger partial charge on any atom is -0.456 e. The summed E-state index contributed by atoms with van der Waals surface area (Å²) in [5.41, 5.74) is 5.76. The largest absolute Gasteiger partial charge is 0.456 e. The third-order valence-electron chi connectivity index (χ3n) is 7.33. The third kappa shape index (κ3) is 6.29. The average molecular weight is 471 g/mol. The van der Waals surface area contributed by atoms with Crippen molar-refractivity contribution in [3.05, 3.63) is 58.0 Å². The molecule has 1 heterocycles. The molecule has 188 valence electrons. The fourth-order valence-electron chi connectivity index (χ4n) is 4.95. The highest BCUT2D eigenvalue weighted by atomic mass is 16.3. The van der Waals surface area contributed by atoms with Gasteiger partial charge in [0.05, 0.1) is 13.2 Å². The van der Waals surface area contributed by atoms with E-state index in [9.17, 15) is 4.79 Å². The third-order valence-corrected chi connectivity index (χ3v) is 7.33. The number of aliphatic hydroxyl groups excluding tert-OH is 2. The van der Waals surface area contributed by atoms with Crippen LogP contribution in [0.15, 0.2) is 28.7 Å². The van der Waals surface area contributed by atoms with E-state index in [1.54, 1.807) is 6.07 Å². The molecule has 1 amide bonds. The van der Waals surface area contributed by atoms with Crippen molar-refractivity contribution in [2.75, 3.05) is 39.4 Å². The van der Waals surface area contributed by atoms with Gasteiger partial charge in [-0.3, -0.25) is 9.69 Å². The Morgan fingerprint density at radius 2 is 1.62 bits per heavy atom. The van der Waals surface area contributed by atoms with Crippen molar-refractivity contribution in [2.45, 2.75) is 71.1 Å². The number of nitrogens with zero attached hydrogens (tertiary/aromatic N) is 1. The van der Waals surface area contributed by atoms with Crippen LogP contribution in [0.4, 0.5) is 0 Å². The van der Waals surface area contributed by atoms with Crippen LogP contribution in [-0.4, -0.2) is 60.4 Å². The normalized spacial score (nSPS) is 16.5. The summed E-state index contributed by atoms with van der Waals surface area (Å²) < 4.78 is 5.91. The minimum absolute atomic E-state index is 0.0560. The maximum atomic E-state index is 12.5. The Bertz CT molecular complexity index is 971. The van der Waals surface area contributed by atoms with Crippen molar-refractivity contribution in [2.24, 2.45) is 0 Å². The van der Waals surface area contributed by atoms with Crippen molar-refractivity contribution < 1.29 is 19.4 Å². The lowest BCUT2D eigenvalue weighted by Gasteiger charge is -2.42. The van der Waals surface area contributed by atoms with Crippen molar-refractivity contribution >= 4 is 5.91 Å². The summed E-state index contributed by atoms with van der Waals surface area (Å²) in [6.07, 6.45) is 3.78. The maximum absolute atomic E-state index is 12.5. The zero-order valence-electron chi connectivity index (χ0n) is 21.5. The summed E-state index contributed by atoms with van der Waals surface area (Å²) in [5, 5.41) is 21.1. The Kier molecular flexibility index (Phi) is 8.61. The molecule has 34 heavy (non-hydrogen) atoms. The number of amides is 1. The molecule has 0 spiro atoms. The molecular weight excluding hydrogens is 428 g/mol. The molecule has 6 heteroatoms. The van der Waals surface area contributed by atoms with Gasteiger partial charge in [0, 0.05) is 26.1 Å². The van der Waals surface area contributed by atoms with E-state index in [0.29, 0.717) is 38.4 Å². The molecule has 0 fully saturated rings. The smallest absolute Gasteiger partial charge is 0.286 e. The number of fused-ring (bicyclic) bond motifs is 1. The Hall–Kier alpha value is -2.15. The van der Waals surface area contributed by atoms with Gasteiger partial charge in [-0.1, -0.05) is 39.8 Å². The lowest BCUT2D eigenvalue weighted by molar-refractivity contribution is 0.0920. The highest BCUT2D eigenvalue weighted by Crippen LogP contribution is 2.46. The van der Waals surface area contributed by atoms with E-state index in [0.717, 1.165) is 12.2 Å². The molecule has 0 saturated carbocycles. The van der Waals surface area contributed by atoms with Gasteiger partial charge in [0.1, 0.15) is 5.76 Å². The number of rotatable bonds is 11. The van der Waals surface area contributed by atoms with E-state index >= 15 is 0 Å². The second-order valence-electron chi connectivity index (χ2n) is 10.9. The summed E-state index contributed by atoms with van der Waals surface area (Å²) in [5.74, 6) is 0.903.